The summed E-state index contributed by atoms with van der Waals surface area (Å²) in [7, 11) is 0. The lowest BCUT2D eigenvalue weighted by atomic mass is 10.1. The van der Waals surface area contributed by atoms with Crippen LogP contribution in [-0.2, 0) is 11.3 Å². The number of ether oxygens (including phenoxy) is 1. The van der Waals surface area contributed by atoms with Gasteiger partial charge in [-0.25, -0.2) is 9.78 Å². The number of hydrogen-bond acceptors (Lipinski definition) is 3. The number of carbonyl (C=O) groups excluding carboxylic acids is 1. The van der Waals surface area contributed by atoms with Crippen LogP contribution in [0.5, 0.6) is 0 Å². The number of pyridine rings is 1. The van der Waals surface area contributed by atoms with Crippen LogP contribution in [0.25, 0.3) is 16.8 Å². The first-order valence-electron chi connectivity index (χ1n) is 7.91. The van der Waals surface area contributed by atoms with E-state index in [4.69, 9.17) is 4.74 Å². The van der Waals surface area contributed by atoms with Crippen LogP contribution in [0.3, 0.4) is 0 Å². The Bertz CT molecular complexity index is 848. The summed E-state index contributed by atoms with van der Waals surface area (Å²) in [6, 6.07) is 14.3. The van der Waals surface area contributed by atoms with Gasteiger partial charge in [0.1, 0.15) is 11.2 Å². The molecule has 0 radical (unpaired) electrons. The molecule has 2 heterocycles. The molecule has 0 saturated heterocycles. The molecule has 1 amide bonds. The Kier molecular flexibility index (Phi) is 4.25. The second kappa shape index (κ2) is 6.35. The van der Waals surface area contributed by atoms with E-state index in [1.165, 1.54) is 0 Å². The maximum atomic E-state index is 11.7. The second-order valence-corrected chi connectivity index (χ2v) is 6.63. The molecule has 0 aliphatic heterocycles. The number of fused-ring (bicyclic) bond motifs is 1. The summed E-state index contributed by atoms with van der Waals surface area (Å²) >= 11 is 0. The van der Waals surface area contributed by atoms with Gasteiger partial charge in [-0.1, -0.05) is 30.3 Å². The number of carbonyl (C=O) groups is 1. The van der Waals surface area contributed by atoms with Gasteiger partial charge in [0, 0.05) is 12.4 Å². The highest BCUT2D eigenvalue weighted by molar-refractivity contribution is 5.68. The number of nitrogens with one attached hydrogen (secondary N) is 1. The molecule has 3 aromatic rings. The molecule has 24 heavy (non-hydrogen) atoms. The van der Waals surface area contributed by atoms with Crippen LogP contribution in [-0.4, -0.2) is 21.1 Å². The van der Waals surface area contributed by atoms with Crippen LogP contribution in [0.15, 0.2) is 54.9 Å². The van der Waals surface area contributed by atoms with Gasteiger partial charge < -0.3 is 14.5 Å². The third kappa shape index (κ3) is 3.93. The minimum atomic E-state index is -0.506. The van der Waals surface area contributed by atoms with E-state index < -0.39 is 11.7 Å². The van der Waals surface area contributed by atoms with Crippen molar-refractivity contribution in [2.24, 2.45) is 0 Å². The zero-order valence-corrected chi connectivity index (χ0v) is 14.1. The molecular weight excluding hydrogens is 302 g/mol. The first-order valence-corrected chi connectivity index (χ1v) is 7.91. The van der Waals surface area contributed by atoms with E-state index in [0.29, 0.717) is 6.54 Å². The van der Waals surface area contributed by atoms with Gasteiger partial charge in [-0.05, 0) is 44.0 Å². The summed E-state index contributed by atoms with van der Waals surface area (Å²) < 4.78 is 7.17. The normalized spacial score (nSPS) is 11.5. The van der Waals surface area contributed by atoms with E-state index in [1.807, 2.05) is 61.8 Å². The SMILES string of the molecule is CC(C)(C)OC(=O)NCc1cn2ccc(-c3ccccc3)cc2n1. The highest BCUT2D eigenvalue weighted by Gasteiger charge is 2.16. The minimum Gasteiger partial charge on any atom is -0.444 e. The smallest absolute Gasteiger partial charge is 0.407 e. The molecule has 124 valence electrons. The van der Waals surface area contributed by atoms with Crippen LogP contribution in [0, 0.1) is 0 Å². The number of benzene rings is 1. The number of nitrogens with zero attached hydrogens (tertiary/aromatic N) is 2. The fourth-order valence-corrected chi connectivity index (χ4v) is 2.41. The number of amides is 1. The average molecular weight is 323 g/mol. The molecule has 0 unspecified atom stereocenters. The number of aromatic nitrogens is 2. The standard InChI is InChI=1S/C19H21N3O2/c1-19(2,3)24-18(23)20-12-16-13-22-10-9-15(11-17(22)21-16)14-7-5-4-6-8-14/h4-11,13H,12H2,1-3H3,(H,20,23). The van der Waals surface area contributed by atoms with Crippen molar-refractivity contribution in [2.45, 2.75) is 32.9 Å². The van der Waals surface area contributed by atoms with Crippen molar-refractivity contribution < 1.29 is 9.53 Å². The first-order chi connectivity index (χ1) is 11.4. The van der Waals surface area contributed by atoms with Crippen LogP contribution in [0.2, 0.25) is 0 Å². The second-order valence-electron chi connectivity index (χ2n) is 6.63. The van der Waals surface area contributed by atoms with Crippen molar-refractivity contribution in [3.8, 4) is 11.1 Å². The van der Waals surface area contributed by atoms with E-state index in [0.717, 1.165) is 22.5 Å². The van der Waals surface area contributed by atoms with Gasteiger partial charge in [0.2, 0.25) is 0 Å². The summed E-state index contributed by atoms with van der Waals surface area (Å²) in [4.78, 5) is 16.3. The first kappa shape index (κ1) is 16.1. The molecule has 0 bridgehead atoms. The summed E-state index contributed by atoms with van der Waals surface area (Å²) in [5.41, 5.74) is 3.38. The van der Waals surface area contributed by atoms with Gasteiger partial charge in [-0.2, -0.15) is 0 Å². The minimum absolute atomic E-state index is 0.331. The molecule has 5 nitrogen and oxygen atoms in total. The molecule has 1 N–H and O–H groups in total. The molecule has 0 aliphatic rings. The van der Waals surface area contributed by atoms with Crippen molar-refractivity contribution in [1.29, 1.82) is 0 Å². The lowest BCUT2D eigenvalue weighted by Crippen LogP contribution is -2.32. The molecule has 0 saturated carbocycles. The van der Waals surface area contributed by atoms with Crippen molar-refractivity contribution >= 4 is 11.7 Å². The summed E-state index contributed by atoms with van der Waals surface area (Å²) in [5, 5.41) is 2.73. The number of rotatable bonds is 3. The van der Waals surface area contributed by atoms with Crippen LogP contribution in [0.4, 0.5) is 4.79 Å². The van der Waals surface area contributed by atoms with Crippen molar-refractivity contribution in [3.05, 3.63) is 60.6 Å². The van der Waals surface area contributed by atoms with E-state index in [9.17, 15) is 4.79 Å². The van der Waals surface area contributed by atoms with E-state index in [-0.39, 0.29) is 0 Å². The van der Waals surface area contributed by atoms with Gasteiger partial charge >= 0.3 is 6.09 Å². The van der Waals surface area contributed by atoms with Gasteiger partial charge in [0.05, 0.1) is 12.2 Å². The molecule has 3 rings (SSSR count). The van der Waals surface area contributed by atoms with Crippen molar-refractivity contribution in [3.63, 3.8) is 0 Å². The van der Waals surface area contributed by atoms with Gasteiger partial charge in [0.25, 0.3) is 0 Å². The maximum Gasteiger partial charge on any atom is 0.407 e. The zero-order chi connectivity index (χ0) is 17.2. The van der Waals surface area contributed by atoms with Crippen LogP contribution in [0.1, 0.15) is 26.5 Å². The van der Waals surface area contributed by atoms with Crippen LogP contribution < -0.4 is 5.32 Å². The summed E-state index contributed by atoms with van der Waals surface area (Å²) in [6.45, 7) is 5.84. The third-order valence-corrected chi connectivity index (χ3v) is 3.43. The Labute approximate surface area is 141 Å². The quantitative estimate of drug-likeness (QED) is 0.792. The maximum absolute atomic E-state index is 11.7. The van der Waals surface area contributed by atoms with Crippen LogP contribution >= 0.6 is 0 Å². The predicted octanol–water partition coefficient (Wildman–Crippen LogP) is 4.03. The van der Waals surface area contributed by atoms with Gasteiger partial charge in [-0.3, -0.25) is 0 Å². The monoisotopic (exact) mass is 323 g/mol. The molecule has 1 aromatic carbocycles. The van der Waals surface area contributed by atoms with Gasteiger partial charge in [0.15, 0.2) is 0 Å². The lowest BCUT2D eigenvalue weighted by molar-refractivity contribution is 0.0523. The van der Waals surface area contributed by atoms with Gasteiger partial charge in [-0.15, -0.1) is 0 Å². The largest absolute Gasteiger partial charge is 0.444 e. The number of imidazole rings is 1. The predicted molar refractivity (Wildman–Crippen MR) is 93.7 cm³/mol. The zero-order valence-electron chi connectivity index (χ0n) is 14.1. The highest BCUT2D eigenvalue weighted by atomic mass is 16.6. The number of hydrogen-bond donors (Lipinski definition) is 1. The summed E-state index contributed by atoms with van der Waals surface area (Å²) in [6.07, 6.45) is 3.44. The summed E-state index contributed by atoms with van der Waals surface area (Å²) in [5.74, 6) is 0. The van der Waals surface area contributed by atoms with E-state index >= 15 is 0 Å². The Hall–Kier alpha value is -2.82. The fraction of sp³-hybridized carbons (Fsp3) is 0.263. The molecule has 2 aromatic heterocycles. The molecule has 5 heteroatoms. The Morgan fingerprint density at radius 1 is 1.17 bits per heavy atom. The molecule has 0 spiro atoms. The molecule has 0 atom stereocenters. The molecule has 0 fully saturated rings. The Morgan fingerprint density at radius 3 is 2.62 bits per heavy atom. The van der Waals surface area contributed by atoms with Crippen molar-refractivity contribution in [2.75, 3.05) is 0 Å². The Morgan fingerprint density at radius 2 is 1.92 bits per heavy atom. The average Bonchev–Trinajstić information content (AvgIpc) is 2.94. The molecular formula is C19H21N3O2. The number of alkyl carbamates (subject to hydrolysis) is 1. The van der Waals surface area contributed by atoms with Crippen molar-refractivity contribution in [1.82, 2.24) is 14.7 Å². The molecule has 0 aliphatic carbocycles. The highest BCUT2D eigenvalue weighted by Crippen LogP contribution is 2.20. The fourth-order valence-electron chi connectivity index (χ4n) is 2.41. The lowest BCUT2D eigenvalue weighted by Gasteiger charge is -2.19. The Balaban J connectivity index is 1.73. The topological polar surface area (TPSA) is 55.6 Å². The third-order valence-electron chi connectivity index (χ3n) is 3.43. The van der Waals surface area contributed by atoms with E-state index in [2.05, 4.69) is 28.5 Å². The van der Waals surface area contributed by atoms with E-state index in [1.54, 1.807) is 0 Å².